The average molecular weight is 215 g/mol. The number of hydrogen-bond donors (Lipinski definition) is 2. The topological polar surface area (TPSA) is 67.6 Å². The Bertz CT molecular complexity index is 199. The van der Waals surface area contributed by atoms with Crippen LogP contribution in [-0.2, 0) is 4.74 Å². The van der Waals surface area contributed by atoms with Gasteiger partial charge in [0.2, 0.25) is 0 Å². The van der Waals surface area contributed by atoms with Crippen LogP contribution in [0.25, 0.3) is 0 Å². The predicted molar refractivity (Wildman–Crippen MR) is 58.7 cm³/mol. The van der Waals surface area contributed by atoms with Crippen LogP contribution in [0.2, 0.25) is 0 Å². The molecule has 1 unspecified atom stereocenters. The van der Waals surface area contributed by atoms with Crippen molar-refractivity contribution in [3.63, 3.8) is 0 Å². The van der Waals surface area contributed by atoms with Crippen LogP contribution in [0, 0.1) is 0 Å². The molecule has 0 radical (unpaired) electrons. The van der Waals surface area contributed by atoms with Crippen molar-refractivity contribution in [3.05, 3.63) is 0 Å². The summed E-state index contributed by atoms with van der Waals surface area (Å²) in [6, 6.07) is 0.246. The summed E-state index contributed by atoms with van der Waals surface area (Å²) in [5, 5.41) is 2.82. The van der Waals surface area contributed by atoms with Crippen LogP contribution in [0.4, 0.5) is 4.79 Å². The number of rotatable bonds is 5. The summed E-state index contributed by atoms with van der Waals surface area (Å²) in [5.41, 5.74) is 5.43. The van der Waals surface area contributed by atoms with Crippen LogP contribution in [0.15, 0.2) is 0 Å². The molecular weight excluding hydrogens is 194 g/mol. The van der Waals surface area contributed by atoms with Gasteiger partial charge in [-0.3, -0.25) is 0 Å². The maximum Gasteiger partial charge on any atom is 0.407 e. The molecule has 1 atom stereocenters. The van der Waals surface area contributed by atoms with Gasteiger partial charge in [-0.25, -0.2) is 4.79 Å². The smallest absolute Gasteiger partial charge is 0.407 e. The van der Waals surface area contributed by atoms with Crippen molar-refractivity contribution < 1.29 is 9.53 Å². The molecule has 1 saturated heterocycles. The molecule has 5 heteroatoms. The molecule has 0 bridgehead atoms. The van der Waals surface area contributed by atoms with Crippen molar-refractivity contribution in [2.24, 2.45) is 5.73 Å². The molecule has 0 spiro atoms. The van der Waals surface area contributed by atoms with Gasteiger partial charge in [0.1, 0.15) is 0 Å². The summed E-state index contributed by atoms with van der Waals surface area (Å²) in [5.74, 6) is 0. The third kappa shape index (κ3) is 4.48. The van der Waals surface area contributed by atoms with E-state index in [1.54, 1.807) is 0 Å². The lowest BCUT2D eigenvalue weighted by molar-refractivity contribution is 0.166. The van der Waals surface area contributed by atoms with Crippen molar-refractivity contribution in [2.45, 2.75) is 25.3 Å². The van der Waals surface area contributed by atoms with Gasteiger partial charge in [-0.2, -0.15) is 0 Å². The van der Waals surface area contributed by atoms with Gasteiger partial charge in [0.05, 0.1) is 7.11 Å². The highest BCUT2D eigenvalue weighted by Gasteiger charge is 2.23. The molecule has 0 aliphatic carbocycles. The molecule has 1 heterocycles. The van der Waals surface area contributed by atoms with Crippen LogP contribution in [0.5, 0.6) is 0 Å². The number of methoxy groups -OCH3 is 1. The predicted octanol–water partition coefficient (Wildman–Crippen LogP) is 0.156. The molecule has 0 aromatic carbocycles. The number of nitrogens with one attached hydrogen (secondary N) is 1. The summed E-state index contributed by atoms with van der Waals surface area (Å²) in [7, 11) is 1.39. The first-order valence-corrected chi connectivity index (χ1v) is 5.53. The third-order valence-electron chi connectivity index (χ3n) is 2.71. The molecule has 1 rings (SSSR count). The van der Waals surface area contributed by atoms with Crippen LogP contribution in [0.3, 0.4) is 0 Å². The van der Waals surface area contributed by atoms with E-state index in [2.05, 4.69) is 15.0 Å². The second-order valence-electron chi connectivity index (χ2n) is 3.92. The Morgan fingerprint density at radius 1 is 1.60 bits per heavy atom. The fourth-order valence-corrected chi connectivity index (χ4v) is 1.86. The number of amides is 1. The first-order valence-electron chi connectivity index (χ1n) is 5.53. The van der Waals surface area contributed by atoms with Crippen LogP contribution in [-0.4, -0.2) is 50.3 Å². The lowest BCUT2D eigenvalue weighted by Gasteiger charge is -2.15. The van der Waals surface area contributed by atoms with Gasteiger partial charge in [0.25, 0.3) is 0 Å². The molecule has 0 aromatic rings. The summed E-state index contributed by atoms with van der Waals surface area (Å²) in [6.07, 6.45) is 2.90. The van der Waals surface area contributed by atoms with Crippen molar-refractivity contribution in [3.8, 4) is 0 Å². The van der Waals surface area contributed by atoms with E-state index in [-0.39, 0.29) is 12.1 Å². The monoisotopic (exact) mass is 215 g/mol. The summed E-state index contributed by atoms with van der Waals surface area (Å²) in [4.78, 5) is 13.3. The van der Waals surface area contributed by atoms with Gasteiger partial charge in [-0.1, -0.05) is 0 Å². The second-order valence-corrected chi connectivity index (χ2v) is 3.92. The molecule has 1 aliphatic rings. The Morgan fingerprint density at radius 2 is 2.40 bits per heavy atom. The standard InChI is InChI=1S/C10H21N3O2/c1-15-10(14)12-9-4-7-13(8-9)6-3-2-5-11/h9H,2-8,11H2,1H3,(H,12,14). The number of unbranched alkanes of at least 4 members (excludes halogenated alkanes) is 1. The highest BCUT2D eigenvalue weighted by atomic mass is 16.5. The minimum absolute atomic E-state index is 0.246. The molecular formula is C10H21N3O2. The van der Waals surface area contributed by atoms with E-state index in [0.29, 0.717) is 0 Å². The number of nitrogens with two attached hydrogens (primary N) is 1. The molecule has 88 valence electrons. The van der Waals surface area contributed by atoms with Gasteiger partial charge in [0.15, 0.2) is 0 Å². The van der Waals surface area contributed by atoms with Gasteiger partial charge in [-0.05, 0) is 32.4 Å². The van der Waals surface area contributed by atoms with E-state index in [4.69, 9.17) is 5.73 Å². The minimum atomic E-state index is -0.330. The van der Waals surface area contributed by atoms with Crippen LogP contribution < -0.4 is 11.1 Å². The van der Waals surface area contributed by atoms with Gasteiger partial charge >= 0.3 is 6.09 Å². The third-order valence-corrected chi connectivity index (χ3v) is 2.71. The SMILES string of the molecule is COC(=O)NC1CCN(CCCCN)C1. The summed E-state index contributed by atoms with van der Waals surface area (Å²) in [6.45, 7) is 3.83. The number of likely N-dealkylation sites (tertiary alicyclic amines) is 1. The number of hydrogen-bond acceptors (Lipinski definition) is 4. The Morgan fingerprint density at radius 3 is 3.07 bits per heavy atom. The number of ether oxygens (including phenoxy) is 1. The summed E-state index contributed by atoms with van der Waals surface area (Å²) >= 11 is 0. The zero-order valence-electron chi connectivity index (χ0n) is 9.37. The van der Waals surface area contributed by atoms with Crippen molar-refractivity contribution in [1.29, 1.82) is 0 Å². The Kier molecular flexibility index (Phi) is 5.42. The maximum atomic E-state index is 11.0. The van der Waals surface area contributed by atoms with Crippen LogP contribution >= 0.6 is 0 Å². The van der Waals surface area contributed by atoms with Crippen LogP contribution in [0.1, 0.15) is 19.3 Å². The van der Waals surface area contributed by atoms with E-state index >= 15 is 0 Å². The highest BCUT2D eigenvalue weighted by molar-refractivity contribution is 5.67. The van der Waals surface area contributed by atoms with Gasteiger partial charge in [-0.15, -0.1) is 0 Å². The average Bonchev–Trinajstić information content (AvgIpc) is 2.66. The van der Waals surface area contributed by atoms with Crippen molar-refractivity contribution in [2.75, 3.05) is 33.3 Å². The number of nitrogens with zero attached hydrogens (tertiary/aromatic N) is 1. The molecule has 15 heavy (non-hydrogen) atoms. The van der Waals surface area contributed by atoms with E-state index in [0.717, 1.165) is 45.4 Å². The first kappa shape index (κ1) is 12.3. The van der Waals surface area contributed by atoms with Crippen molar-refractivity contribution in [1.82, 2.24) is 10.2 Å². The fourth-order valence-electron chi connectivity index (χ4n) is 1.86. The zero-order valence-corrected chi connectivity index (χ0v) is 9.37. The van der Waals surface area contributed by atoms with Crippen molar-refractivity contribution >= 4 is 6.09 Å². The van der Waals surface area contributed by atoms with E-state index in [9.17, 15) is 4.79 Å². The quantitative estimate of drug-likeness (QED) is 0.641. The normalized spacial score (nSPS) is 21.6. The number of carbonyl (C=O) groups is 1. The molecule has 0 aromatic heterocycles. The van der Waals surface area contributed by atoms with E-state index in [1.807, 2.05) is 0 Å². The lowest BCUT2D eigenvalue weighted by Crippen LogP contribution is -2.37. The van der Waals surface area contributed by atoms with E-state index in [1.165, 1.54) is 7.11 Å². The molecule has 3 N–H and O–H groups in total. The van der Waals surface area contributed by atoms with Gasteiger partial charge in [0, 0.05) is 19.1 Å². The maximum absolute atomic E-state index is 11.0. The molecule has 0 saturated carbocycles. The van der Waals surface area contributed by atoms with Gasteiger partial charge < -0.3 is 20.7 Å². The largest absolute Gasteiger partial charge is 0.453 e. The second kappa shape index (κ2) is 6.63. The zero-order chi connectivity index (χ0) is 11.1. The Balaban J connectivity index is 2.12. The Hall–Kier alpha value is -0.810. The molecule has 1 aliphatic heterocycles. The molecule has 1 amide bonds. The minimum Gasteiger partial charge on any atom is -0.453 e. The number of alkyl carbamates (subject to hydrolysis) is 1. The summed E-state index contributed by atoms with van der Waals surface area (Å²) < 4.78 is 4.56. The fraction of sp³-hybridized carbons (Fsp3) is 0.900. The Labute approximate surface area is 90.9 Å². The first-order chi connectivity index (χ1) is 7.26. The highest BCUT2D eigenvalue weighted by Crippen LogP contribution is 2.09. The lowest BCUT2D eigenvalue weighted by atomic mass is 10.3. The molecule has 1 fully saturated rings. The van der Waals surface area contributed by atoms with E-state index < -0.39 is 0 Å². The molecule has 5 nitrogen and oxygen atoms in total. The number of carbonyl (C=O) groups excluding carboxylic acids is 1.